The van der Waals surface area contributed by atoms with Gasteiger partial charge in [-0.25, -0.2) is 0 Å². The molecule has 0 saturated heterocycles. The summed E-state index contributed by atoms with van der Waals surface area (Å²) >= 11 is 0. The van der Waals surface area contributed by atoms with Crippen molar-refractivity contribution in [1.82, 2.24) is 9.13 Å². The zero-order valence-corrected chi connectivity index (χ0v) is 27.4. The Kier molecular flexibility index (Phi) is 7.23. The number of halogens is 6. The van der Waals surface area contributed by atoms with Crippen molar-refractivity contribution in [3.05, 3.63) is 143 Å². The first-order chi connectivity index (χ1) is 24.8. The molecule has 10 heteroatoms. The van der Waals surface area contributed by atoms with Crippen molar-refractivity contribution in [2.75, 3.05) is 0 Å². The molecule has 2 heterocycles. The van der Waals surface area contributed by atoms with E-state index in [0.717, 1.165) is 35.4 Å². The number of aryl methyl sites for hydroxylation is 2. The molecule has 2 aromatic heterocycles. The minimum atomic E-state index is -4.60. The highest BCUT2D eigenvalue weighted by Crippen LogP contribution is 2.41. The lowest BCUT2D eigenvalue weighted by Crippen LogP contribution is -2.05. The van der Waals surface area contributed by atoms with Crippen molar-refractivity contribution >= 4 is 43.6 Å². The van der Waals surface area contributed by atoms with E-state index in [1.807, 2.05) is 50.2 Å². The van der Waals surface area contributed by atoms with E-state index < -0.39 is 23.5 Å². The molecule has 8 rings (SSSR count). The van der Waals surface area contributed by atoms with Gasteiger partial charge in [-0.3, -0.25) is 0 Å². The van der Waals surface area contributed by atoms with Crippen molar-refractivity contribution in [3.63, 3.8) is 0 Å². The van der Waals surface area contributed by atoms with Crippen LogP contribution in [0.4, 0.5) is 26.3 Å². The molecule has 8 aromatic rings. The monoisotopic (exact) mass is 698 g/mol. The number of hydrogen-bond acceptors (Lipinski definition) is 2. The number of rotatable bonds is 3. The standard InChI is InChI=1S/C42H24F6N4/c1-23-3-11-31-33-13-9-29(41(43,44)45)19-39(33)51(37(31)15-23)35-17-25(5-7-27(35)21-49)26-6-8-28(22-50)36(18-26)52-38-16-24(2)4-12-32(38)34-14-10-30(20-40(34)52)42(46,47)48/h3-20H,1-2H3. The third-order valence-electron chi connectivity index (χ3n) is 9.55. The van der Waals surface area contributed by atoms with Gasteiger partial charge < -0.3 is 9.13 Å². The number of aromatic nitrogens is 2. The van der Waals surface area contributed by atoms with Gasteiger partial charge >= 0.3 is 12.4 Å². The third kappa shape index (κ3) is 5.15. The summed E-state index contributed by atoms with van der Waals surface area (Å²) in [5.41, 5.74) is 4.11. The molecule has 0 aliphatic rings. The zero-order valence-electron chi connectivity index (χ0n) is 27.4. The smallest absolute Gasteiger partial charge is 0.308 e. The number of alkyl halides is 6. The quantitative estimate of drug-likeness (QED) is 0.173. The molecule has 0 saturated carbocycles. The topological polar surface area (TPSA) is 57.4 Å². The predicted octanol–water partition coefficient (Wildman–Crippen LogP) is 11.9. The van der Waals surface area contributed by atoms with Crippen LogP contribution in [0.1, 0.15) is 33.4 Å². The fraction of sp³-hybridized carbons (Fsp3) is 0.0952. The second-order valence-electron chi connectivity index (χ2n) is 12.9. The van der Waals surface area contributed by atoms with Crippen molar-refractivity contribution in [2.24, 2.45) is 0 Å². The molecule has 254 valence electrons. The molecule has 0 aliphatic carbocycles. The maximum absolute atomic E-state index is 14.0. The van der Waals surface area contributed by atoms with Gasteiger partial charge in [0.2, 0.25) is 0 Å². The highest BCUT2D eigenvalue weighted by atomic mass is 19.4. The highest BCUT2D eigenvalue weighted by molar-refractivity contribution is 6.11. The van der Waals surface area contributed by atoms with Crippen LogP contribution in [-0.2, 0) is 12.4 Å². The Bertz CT molecular complexity index is 2680. The van der Waals surface area contributed by atoms with E-state index in [-0.39, 0.29) is 22.2 Å². The van der Waals surface area contributed by atoms with Crippen LogP contribution >= 0.6 is 0 Å². The Labute approximate surface area is 292 Å². The Morgan fingerprint density at radius 1 is 0.442 bits per heavy atom. The van der Waals surface area contributed by atoms with Crippen molar-refractivity contribution < 1.29 is 26.3 Å². The average Bonchev–Trinajstić information content (AvgIpc) is 3.60. The summed E-state index contributed by atoms with van der Waals surface area (Å²) in [4.78, 5) is 0. The summed E-state index contributed by atoms with van der Waals surface area (Å²) in [7, 11) is 0. The molecule has 6 aromatic carbocycles. The van der Waals surface area contributed by atoms with E-state index in [0.29, 0.717) is 55.1 Å². The number of nitrogens with zero attached hydrogens (tertiary/aromatic N) is 4. The minimum Gasteiger partial charge on any atom is -0.308 e. The van der Waals surface area contributed by atoms with Crippen LogP contribution in [0.3, 0.4) is 0 Å². The first kappa shape index (κ1) is 32.7. The number of hydrogen-bond donors (Lipinski definition) is 0. The molecular formula is C42H24F6N4. The van der Waals surface area contributed by atoms with Gasteiger partial charge in [0.15, 0.2) is 0 Å². The summed E-state index contributed by atoms with van der Waals surface area (Å²) in [5.74, 6) is 0. The SMILES string of the molecule is Cc1ccc2c3ccc(C(F)(F)F)cc3n(-c3cc(-c4ccc(C#N)c(-n5c6cc(C)ccc6c6ccc(C(F)(F)F)cc65)c4)ccc3C#N)c2c1. The summed E-state index contributed by atoms with van der Waals surface area (Å²) in [5, 5.41) is 23.1. The highest BCUT2D eigenvalue weighted by Gasteiger charge is 2.32. The van der Waals surface area contributed by atoms with Crippen LogP contribution in [-0.4, -0.2) is 9.13 Å². The Morgan fingerprint density at radius 2 is 0.788 bits per heavy atom. The van der Waals surface area contributed by atoms with Crippen LogP contribution < -0.4 is 0 Å². The second kappa shape index (κ2) is 11.5. The molecule has 0 amide bonds. The van der Waals surface area contributed by atoms with Crippen LogP contribution in [0.25, 0.3) is 66.1 Å². The number of nitriles is 2. The predicted molar refractivity (Wildman–Crippen MR) is 189 cm³/mol. The summed E-state index contributed by atoms with van der Waals surface area (Å²) in [6, 6.07) is 32.6. The molecular weight excluding hydrogens is 674 g/mol. The minimum absolute atomic E-state index is 0.216. The van der Waals surface area contributed by atoms with Crippen LogP contribution in [0.15, 0.2) is 109 Å². The Balaban J connectivity index is 1.40. The van der Waals surface area contributed by atoms with Crippen molar-refractivity contribution in [1.29, 1.82) is 10.5 Å². The first-order valence-corrected chi connectivity index (χ1v) is 16.1. The molecule has 0 radical (unpaired) electrons. The maximum Gasteiger partial charge on any atom is 0.416 e. The molecule has 0 bridgehead atoms. The van der Waals surface area contributed by atoms with E-state index in [1.165, 1.54) is 12.1 Å². The molecule has 0 aliphatic heterocycles. The molecule has 0 fully saturated rings. The van der Waals surface area contributed by atoms with E-state index in [4.69, 9.17) is 0 Å². The third-order valence-corrected chi connectivity index (χ3v) is 9.55. The Morgan fingerprint density at radius 3 is 1.13 bits per heavy atom. The van der Waals surface area contributed by atoms with Crippen molar-refractivity contribution in [2.45, 2.75) is 26.2 Å². The van der Waals surface area contributed by atoms with Crippen molar-refractivity contribution in [3.8, 4) is 34.6 Å². The zero-order chi connectivity index (χ0) is 36.7. The lowest BCUT2D eigenvalue weighted by Gasteiger charge is -2.16. The number of benzene rings is 6. The van der Waals surface area contributed by atoms with Crippen LogP contribution in [0.5, 0.6) is 0 Å². The van der Waals surface area contributed by atoms with Gasteiger partial charge in [0.1, 0.15) is 12.1 Å². The lowest BCUT2D eigenvalue weighted by molar-refractivity contribution is -0.138. The van der Waals surface area contributed by atoms with Crippen LogP contribution in [0, 0.1) is 36.5 Å². The summed E-state index contributed by atoms with van der Waals surface area (Å²) in [6.07, 6.45) is -9.20. The van der Waals surface area contributed by atoms with E-state index >= 15 is 0 Å². The fourth-order valence-corrected chi connectivity index (χ4v) is 7.11. The second-order valence-corrected chi connectivity index (χ2v) is 12.9. The summed E-state index contributed by atoms with van der Waals surface area (Å²) < 4.78 is 87.2. The van der Waals surface area contributed by atoms with E-state index in [9.17, 15) is 36.9 Å². The first-order valence-electron chi connectivity index (χ1n) is 16.1. The molecule has 0 spiro atoms. The van der Waals surface area contributed by atoms with Crippen LogP contribution in [0.2, 0.25) is 0 Å². The number of fused-ring (bicyclic) bond motifs is 6. The van der Waals surface area contributed by atoms with Gasteiger partial charge in [0.05, 0.1) is 55.7 Å². The molecule has 0 unspecified atom stereocenters. The maximum atomic E-state index is 14.0. The van der Waals surface area contributed by atoms with Gasteiger partial charge in [-0.05, 0) is 96.8 Å². The normalized spacial score (nSPS) is 12.2. The van der Waals surface area contributed by atoms with Gasteiger partial charge in [-0.2, -0.15) is 36.9 Å². The largest absolute Gasteiger partial charge is 0.416 e. The lowest BCUT2D eigenvalue weighted by atomic mass is 9.99. The fourth-order valence-electron chi connectivity index (χ4n) is 7.11. The summed E-state index contributed by atoms with van der Waals surface area (Å²) in [6.45, 7) is 3.74. The Hall–Kier alpha value is -6.52. The molecule has 0 N–H and O–H groups in total. The van der Waals surface area contributed by atoms with Gasteiger partial charge in [-0.1, -0.05) is 48.5 Å². The molecule has 0 atom stereocenters. The molecule has 4 nitrogen and oxygen atoms in total. The van der Waals surface area contributed by atoms with E-state index in [2.05, 4.69) is 12.1 Å². The average molecular weight is 699 g/mol. The van der Waals surface area contributed by atoms with Gasteiger partial charge in [0, 0.05) is 21.5 Å². The van der Waals surface area contributed by atoms with Gasteiger partial charge in [0.25, 0.3) is 0 Å². The molecule has 52 heavy (non-hydrogen) atoms. The van der Waals surface area contributed by atoms with Gasteiger partial charge in [-0.15, -0.1) is 0 Å². The van der Waals surface area contributed by atoms with E-state index in [1.54, 1.807) is 45.5 Å².